The Morgan fingerprint density at radius 2 is 2.24 bits per heavy atom. The highest BCUT2D eigenvalue weighted by Crippen LogP contribution is 2.35. The molecule has 0 saturated heterocycles. The SMILES string of the molecule is CCOC(=O)c1c(O)c2cccc(Br)c2n1C. The molecule has 0 fully saturated rings. The Kier molecular flexibility index (Phi) is 3.11. The van der Waals surface area contributed by atoms with Gasteiger partial charge in [0.15, 0.2) is 11.4 Å². The first-order valence-electron chi connectivity index (χ1n) is 5.21. The maximum absolute atomic E-state index is 11.7. The van der Waals surface area contributed by atoms with E-state index in [-0.39, 0.29) is 18.1 Å². The number of benzene rings is 1. The predicted octanol–water partition coefficient (Wildman–Crippen LogP) is 2.82. The Balaban J connectivity index is 2.73. The summed E-state index contributed by atoms with van der Waals surface area (Å²) in [7, 11) is 1.72. The van der Waals surface area contributed by atoms with E-state index in [0.717, 1.165) is 9.99 Å². The number of halogens is 1. The van der Waals surface area contributed by atoms with E-state index in [1.54, 1.807) is 30.7 Å². The summed E-state index contributed by atoms with van der Waals surface area (Å²) in [5.41, 5.74) is 0.946. The van der Waals surface area contributed by atoms with Crippen molar-refractivity contribution in [3.8, 4) is 5.75 Å². The van der Waals surface area contributed by atoms with Crippen LogP contribution in [0.25, 0.3) is 10.9 Å². The van der Waals surface area contributed by atoms with Crippen LogP contribution in [0.3, 0.4) is 0 Å². The normalized spacial score (nSPS) is 10.8. The number of nitrogens with zero attached hydrogens (tertiary/aromatic N) is 1. The molecule has 0 atom stereocenters. The largest absolute Gasteiger partial charge is 0.505 e. The zero-order valence-corrected chi connectivity index (χ0v) is 11.1. The maximum atomic E-state index is 11.7. The molecule has 1 aromatic heterocycles. The first kappa shape index (κ1) is 12.0. The number of para-hydroxylation sites is 1. The van der Waals surface area contributed by atoms with Crippen LogP contribution < -0.4 is 0 Å². The van der Waals surface area contributed by atoms with Gasteiger partial charge in [-0.15, -0.1) is 0 Å². The summed E-state index contributed by atoms with van der Waals surface area (Å²) < 4.78 is 7.38. The van der Waals surface area contributed by atoms with Gasteiger partial charge in [-0.2, -0.15) is 0 Å². The lowest BCUT2D eigenvalue weighted by atomic mass is 10.2. The number of rotatable bonds is 2. The van der Waals surface area contributed by atoms with E-state index in [2.05, 4.69) is 15.9 Å². The van der Waals surface area contributed by atoms with Crippen molar-refractivity contribution in [2.75, 3.05) is 6.61 Å². The van der Waals surface area contributed by atoms with Gasteiger partial charge < -0.3 is 14.4 Å². The van der Waals surface area contributed by atoms with Crippen molar-refractivity contribution >= 4 is 32.8 Å². The van der Waals surface area contributed by atoms with E-state index in [4.69, 9.17) is 4.74 Å². The highest BCUT2D eigenvalue weighted by Gasteiger charge is 2.22. The molecule has 0 bridgehead atoms. The molecule has 5 heteroatoms. The second-order valence-corrected chi connectivity index (χ2v) is 4.47. The van der Waals surface area contributed by atoms with Crippen molar-refractivity contribution in [3.63, 3.8) is 0 Å². The predicted molar refractivity (Wildman–Crippen MR) is 68.2 cm³/mol. The number of ether oxygens (including phenoxy) is 1. The smallest absolute Gasteiger partial charge is 0.358 e. The van der Waals surface area contributed by atoms with Gasteiger partial charge in [0, 0.05) is 16.9 Å². The topological polar surface area (TPSA) is 51.5 Å². The van der Waals surface area contributed by atoms with Crippen LogP contribution in [-0.2, 0) is 11.8 Å². The van der Waals surface area contributed by atoms with Gasteiger partial charge in [0.2, 0.25) is 0 Å². The summed E-state index contributed by atoms with van der Waals surface area (Å²) in [6.07, 6.45) is 0. The minimum atomic E-state index is -0.518. The van der Waals surface area contributed by atoms with Gasteiger partial charge in [-0.1, -0.05) is 6.07 Å². The number of aromatic nitrogens is 1. The van der Waals surface area contributed by atoms with Crippen molar-refractivity contribution in [1.29, 1.82) is 0 Å². The van der Waals surface area contributed by atoms with Gasteiger partial charge in [-0.25, -0.2) is 4.79 Å². The van der Waals surface area contributed by atoms with Crippen LogP contribution >= 0.6 is 15.9 Å². The molecule has 0 amide bonds. The summed E-state index contributed by atoms with van der Waals surface area (Å²) in [6, 6.07) is 5.43. The molecule has 2 aromatic rings. The quantitative estimate of drug-likeness (QED) is 0.867. The second kappa shape index (κ2) is 4.41. The second-order valence-electron chi connectivity index (χ2n) is 3.61. The van der Waals surface area contributed by atoms with Crippen molar-refractivity contribution in [2.45, 2.75) is 6.92 Å². The monoisotopic (exact) mass is 297 g/mol. The van der Waals surface area contributed by atoms with E-state index in [1.165, 1.54) is 0 Å². The molecule has 1 aromatic carbocycles. The lowest BCUT2D eigenvalue weighted by Gasteiger charge is -2.04. The first-order valence-corrected chi connectivity index (χ1v) is 6.00. The molecule has 90 valence electrons. The van der Waals surface area contributed by atoms with Crippen molar-refractivity contribution in [3.05, 3.63) is 28.4 Å². The fraction of sp³-hybridized carbons (Fsp3) is 0.250. The third kappa shape index (κ3) is 1.80. The van der Waals surface area contributed by atoms with Gasteiger partial charge in [0.05, 0.1) is 12.1 Å². The number of carbonyl (C=O) groups is 1. The molecule has 0 aliphatic rings. The van der Waals surface area contributed by atoms with E-state index in [0.29, 0.717) is 5.39 Å². The molecule has 1 N–H and O–H groups in total. The van der Waals surface area contributed by atoms with Gasteiger partial charge >= 0.3 is 5.97 Å². The van der Waals surface area contributed by atoms with Gasteiger partial charge in [0.1, 0.15) is 0 Å². The number of carbonyl (C=O) groups excluding carboxylic acids is 1. The van der Waals surface area contributed by atoms with E-state index >= 15 is 0 Å². The number of hydrogen-bond acceptors (Lipinski definition) is 3. The van der Waals surface area contributed by atoms with E-state index in [9.17, 15) is 9.90 Å². The standard InChI is InChI=1S/C12H12BrNO3/c1-3-17-12(16)10-11(15)7-5-4-6-8(13)9(7)14(10)2/h4-6,15H,3H2,1-2H3. The minimum Gasteiger partial charge on any atom is -0.505 e. The summed E-state index contributed by atoms with van der Waals surface area (Å²) in [4.78, 5) is 11.7. The molecule has 0 unspecified atom stereocenters. The number of aromatic hydroxyl groups is 1. The molecular weight excluding hydrogens is 286 g/mol. The molecule has 0 aliphatic carbocycles. The lowest BCUT2D eigenvalue weighted by molar-refractivity contribution is 0.0512. The third-order valence-electron chi connectivity index (χ3n) is 2.61. The van der Waals surface area contributed by atoms with Crippen molar-refractivity contribution < 1.29 is 14.6 Å². The van der Waals surface area contributed by atoms with Gasteiger partial charge in [0.25, 0.3) is 0 Å². The van der Waals surface area contributed by atoms with Crippen molar-refractivity contribution in [2.24, 2.45) is 7.05 Å². The lowest BCUT2D eigenvalue weighted by Crippen LogP contribution is -2.09. The molecule has 0 radical (unpaired) electrons. The number of fused-ring (bicyclic) bond motifs is 1. The van der Waals surface area contributed by atoms with Crippen LogP contribution in [0.15, 0.2) is 22.7 Å². The summed E-state index contributed by atoms with van der Waals surface area (Å²) >= 11 is 3.40. The molecule has 1 heterocycles. The Bertz CT molecular complexity index is 589. The van der Waals surface area contributed by atoms with Crippen LogP contribution in [-0.4, -0.2) is 22.2 Å². The number of esters is 1. The summed E-state index contributed by atoms with van der Waals surface area (Å²) in [6.45, 7) is 2.01. The molecule has 2 rings (SSSR count). The molecule has 4 nitrogen and oxygen atoms in total. The summed E-state index contributed by atoms with van der Waals surface area (Å²) in [5, 5.41) is 10.7. The first-order chi connectivity index (χ1) is 8.07. The zero-order chi connectivity index (χ0) is 12.6. The van der Waals surface area contributed by atoms with Crippen LogP contribution in [0.2, 0.25) is 0 Å². The van der Waals surface area contributed by atoms with E-state index < -0.39 is 5.97 Å². The molecule has 0 saturated carbocycles. The molecule has 17 heavy (non-hydrogen) atoms. The minimum absolute atomic E-state index is 0.0396. The zero-order valence-electron chi connectivity index (χ0n) is 9.53. The highest BCUT2D eigenvalue weighted by molar-refractivity contribution is 9.10. The third-order valence-corrected chi connectivity index (χ3v) is 3.25. The number of hydrogen-bond donors (Lipinski definition) is 1. The van der Waals surface area contributed by atoms with Crippen LogP contribution in [0.1, 0.15) is 17.4 Å². The Morgan fingerprint density at radius 1 is 1.53 bits per heavy atom. The number of aryl methyl sites for hydroxylation is 1. The average Bonchev–Trinajstić information content (AvgIpc) is 2.53. The Morgan fingerprint density at radius 3 is 2.82 bits per heavy atom. The maximum Gasteiger partial charge on any atom is 0.358 e. The Labute approximate surface area is 107 Å². The van der Waals surface area contributed by atoms with E-state index in [1.807, 2.05) is 6.07 Å². The molecule has 0 aliphatic heterocycles. The fourth-order valence-electron chi connectivity index (χ4n) is 1.88. The van der Waals surface area contributed by atoms with Gasteiger partial charge in [-0.05, 0) is 35.0 Å². The average molecular weight is 298 g/mol. The highest BCUT2D eigenvalue weighted by atomic mass is 79.9. The van der Waals surface area contributed by atoms with Crippen LogP contribution in [0, 0.1) is 0 Å². The molecule has 0 spiro atoms. The summed E-state index contributed by atoms with van der Waals surface area (Å²) in [5.74, 6) is -0.558. The molecular formula is C12H12BrNO3. The van der Waals surface area contributed by atoms with Crippen LogP contribution in [0.4, 0.5) is 0 Å². The van der Waals surface area contributed by atoms with Gasteiger partial charge in [-0.3, -0.25) is 0 Å². The van der Waals surface area contributed by atoms with Crippen molar-refractivity contribution in [1.82, 2.24) is 4.57 Å². The van der Waals surface area contributed by atoms with Crippen LogP contribution in [0.5, 0.6) is 5.75 Å². The fourth-order valence-corrected chi connectivity index (χ4v) is 2.51. The Hall–Kier alpha value is -1.49.